The average Bonchev–Trinajstić information content (AvgIpc) is 2.88. The number of rotatable bonds is 3. The van der Waals surface area contributed by atoms with Crippen molar-refractivity contribution < 1.29 is 0 Å². The van der Waals surface area contributed by atoms with Gasteiger partial charge in [0.2, 0.25) is 0 Å². The zero-order valence-electron chi connectivity index (χ0n) is 11.4. The molecule has 0 unspecified atom stereocenters. The van der Waals surface area contributed by atoms with Gasteiger partial charge in [0.15, 0.2) is 0 Å². The standard InChI is InChI=1S/C18H16N2/c1-2-19-13-12-15-14-20(16-8-4-3-5-9-16)18-11-7-6-10-17(15)18/h2-14H,1H3/b13-12-,19-2?. The second-order valence-electron chi connectivity index (χ2n) is 4.53. The van der Waals surface area contributed by atoms with Crippen molar-refractivity contribution in [2.24, 2.45) is 4.99 Å². The van der Waals surface area contributed by atoms with E-state index < -0.39 is 0 Å². The smallest absolute Gasteiger partial charge is 0.0534 e. The van der Waals surface area contributed by atoms with Gasteiger partial charge in [-0.2, -0.15) is 0 Å². The molecule has 0 fully saturated rings. The van der Waals surface area contributed by atoms with E-state index in [4.69, 9.17) is 0 Å². The van der Waals surface area contributed by atoms with E-state index in [2.05, 4.69) is 64.3 Å². The molecule has 3 aromatic rings. The number of benzene rings is 2. The van der Waals surface area contributed by atoms with E-state index in [9.17, 15) is 0 Å². The molecule has 0 saturated carbocycles. The van der Waals surface area contributed by atoms with Gasteiger partial charge in [0.1, 0.15) is 0 Å². The Hall–Kier alpha value is -2.61. The van der Waals surface area contributed by atoms with Crippen molar-refractivity contribution in [3.63, 3.8) is 0 Å². The summed E-state index contributed by atoms with van der Waals surface area (Å²) < 4.78 is 2.21. The molecule has 0 amide bonds. The first-order valence-corrected chi connectivity index (χ1v) is 6.70. The number of nitrogens with zero attached hydrogens (tertiary/aromatic N) is 2. The Labute approximate surface area is 118 Å². The summed E-state index contributed by atoms with van der Waals surface area (Å²) in [6.45, 7) is 1.91. The highest BCUT2D eigenvalue weighted by Crippen LogP contribution is 2.25. The molecule has 0 spiro atoms. The molecule has 2 aromatic carbocycles. The Morgan fingerprint density at radius 3 is 2.50 bits per heavy atom. The van der Waals surface area contributed by atoms with Crippen LogP contribution in [0, 0.1) is 0 Å². The van der Waals surface area contributed by atoms with E-state index in [0.29, 0.717) is 0 Å². The summed E-state index contributed by atoms with van der Waals surface area (Å²) in [5.41, 5.74) is 3.55. The Morgan fingerprint density at radius 1 is 0.950 bits per heavy atom. The fraction of sp³-hybridized carbons (Fsp3) is 0.0556. The van der Waals surface area contributed by atoms with E-state index in [-0.39, 0.29) is 0 Å². The molecular weight excluding hydrogens is 244 g/mol. The number of para-hydroxylation sites is 2. The normalized spacial score (nSPS) is 11.8. The lowest BCUT2D eigenvalue weighted by Crippen LogP contribution is -1.90. The van der Waals surface area contributed by atoms with Crippen molar-refractivity contribution in [1.29, 1.82) is 0 Å². The summed E-state index contributed by atoms with van der Waals surface area (Å²) in [6, 6.07) is 18.8. The first kappa shape index (κ1) is 12.4. The van der Waals surface area contributed by atoms with E-state index >= 15 is 0 Å². The Morgan fingerprint density at radius 2 is 1.70 bits per heavy atom. The van der Waals surface area contributed by atoms with Crippen LogP contribution >= 0.6 is 0 Å². The van der Waals surface area contributed by atoms with Crippen LogP contribution < -0.4 is 0 Å². The van der Waals surface area contributed by atoms with Crippen molar-refractivity contribution in [3.8, 4) is 5.69 Å². The van der Waals surface area contributed by atoms with Crippen molar-refractivity contribution >= 4 is 23.2 Å². The third-order valence-electron chi connectivity index (χ3n) is 3.27. The van der Waals surface area contributed by atoms with Crippen LogP contribution in [0.15, 0.2) is 72.0 Å². The third-order valence-corrected chi connectivity index (χ3v) is 3.27. The van der Waals surface area contributed by atoms with Gasteiger partial charge in [-0.05, 0) is 31.2 Å². The predicted molar refractivity (Wildman–Crippen MR) is 86.5 cm³/mol. The fourth-order valence-electron chi connectivity index (χ4n) is 2.35. The molecule has 0 radical (unpaired) electrons. The quantitative estimate of drug-likeness (QED) is 0.608. The molecule has 3 rings (SSSR count). The molecule has 0 N–H and O–H groups in total. The molecule has 1 heterocycles. The minimum absolute atomic E-state index is 1.17. The van der Waals surface area contributed by atoms with Crippen LogP contribution in [0.1, 0.15) is 12.5 Å². The second kappa shape index (κ2) is 5.57. The molecule has 1 aromatic heterocycles. The predicted octanol–water partition coefficient (Wildman–Crippen LogP) is 4.69. The Kier molecular flexibility index (Phi) is 3.46. The van der Waals surface area contributed by atoms with E-state index in [1.807, 2.05) is 25.3 Å². The number of hydrogen-bond acceptors (Lipinski definition) is 1. The van der Waals surface area contributed by atoms with Crippen molar-refractivity contribution in [1.82, 2.24) is 4.57 Å². The molecule has 0 bridgehead atoms. The molecule has 2 nitrogen and oxygen atoms in total. The largest absolute Gasteiger partial charge is 0.316 e. The molecular formula is C18H16N2. The van der Waals surface area contributed by atoms with Crippen LogP contribution in [0.4, 0.5) is 0 Å². The highest BCUT2D eigenvalue weighted by Gasteiger charge is 2.06. The summed E-state index contributed by atoms with van der Waals surface area (Å²) in [6.07, 6.45) is 7.81. The summed E-state index contributed by atoms with van der Waals surface area (Å²) in [5.74, 6) is 0. The fourth-order valence-corrected chi connectivity index (χ4v) is 2.35. The molecule has 0 saturated heterocycles. The van der Waals surface area contributed by atoms with Crippen LogP contribution in [0.25, 0.3) is 22.7 Å². The molecule has 0 aliphatic carbocycles. The van der Waals surface area contributed by atoms with Crippen molar-refractivity contribution in [2.45, 2.75) is 6.92 Å². The van der Waals surface area contributed by atoms with Gasteiger partial charge in [0.05, 0.1) is 5.52 Å². The van der Waals surface area contributed by atoms with Crippen molar-refractivity contribution in [2.75, 3.05) is 0 Å². The first-order valence-electron chi connectivity index (χ1n) is 6.70. The number of aliphatic imine (C=N–C) groups is 1. The number of aromatic nitrogens is 1. The Balaban J connectivity index is 2.19. The van der Waals surface area contributed by atoms with Gasteiger partial charge < -0.3 is 4.57 Å². The second-order valence-corrected chi connectivity index (χ2v) is 4.53. The lowest BCUT2D eigenvalue weighted by Gasteiger charge is -2.04. The van der Waals surface area contributed by atoms with Gasteiger partial charge in [-0.3, -0.25) is 4.99 Å². The van der Waals surface area contributed by atoms with Crippen LogP contribution in [0.2, 0.25) is 0 Å². The van der Waals surface area contributed by atoms with Crippen LogP contribution in [-0.4, -0.2) is 10.8 Å². The maximum Gasteiger partial charge on any atom is 0.0534 e. The van der Waals surface area contributed by atoms with E-state index in [0.717, 1.165) is 0 Å². The van der Waals surface area contributed by atoms with Gasteiger partial charge >= 0.3 is 0 Å². The molecule has 0 atom stereocenters. The molecule has 0 aliphatic rings. The van der Waals surface area contributed by atoms with Crippen molar-refractivity contribution in [3.05, 3.63) is 72.6 Å². The van der Waals surface area contributed by atoms with Crippen LogP contribution in [-0.2, 0) is 0 Å². The average molecular weight is 260 g/mol. The van der Waals surface area contributed by atoms with E-state index in [1.165, 1.54) is 22.2 Å². The minimum Gasteiger partial charge on any atom is -0.316 e. The molecule has 2 heteroatoms. The lowest BCUT2D eigenvalue weighted by molar-refractivity contribution is 1.13. The monoisotopic (exact) mass is 260 g/mol. The van der Waals surface area contributed by atoms with Gasteiger partial charge in [-0.25, -0.2) is 0 Å². The molecule has 0 aliphatic heterocycles. The van der Waals surface area contributed by atoms with Gasteiger partial charge in [0.25, 0.3) is 0 Å². The first-order chi connectivity index (χ1) is 9.90. The number of hydrogen-bond donors (Lipinski definition) is 0. The van der Waals surface area contributed by atoms with E-state index in [1.54, 1.807) is 6.21 Å². The summed E-state index contributed by atoms with van der Waals surface area (Å²) >= 11 is 0. The summed E-state index contributed by atoms with van der Waals surface area (Å²) in [7, 11) is 0. The zero-order valence-corrected chi connectivity index (χ0v) is 11.4. The number of fused-ring (bicyclic) bond motifs is 1. The van der Waals surface area contributed by atoms with Gasteiger partial charge in [-0.1, -0.05) is 36.4 Å². The van der Waals surface area contributed by atoms with Crippen LogP contribution in [0.5, 0.6) is 0 Å². The molecule has 98 valence electrons. The lowest BCUT2D eigenvalue weighted by atomic mass is 10.2. The summed E-state index contributed by atoms with van der Waals surface area (Å²) in [5, 5.41) is 1.24. The highest BCUT2D eigenvalue weighted by molar-refractivity contribution is 5.90. The zero-order chi connectivity index (χ0) is 13.8. The Bertz CT molecular complexity index is 764. The van der Waals surface area contributed by atoms with Crippen LogP contribution in [0.3, 0.4) is 0 Å². The van der Waals surface area contributed by atoms with Gasteiger partial charge in [-0.15, -0.1) is 0 Å². The minimum atomic E-state index is 1.17. The maximum atomic E-state index is 4.14. The topological polar surface area (TPSA) is 17.3 Å². The summed E-state index contributed by atoms with van der Waals surface area (Å²) in [4.78, 5) is 4.14. The third kappa shape index (κ3) is 2.28. The maximum absolute atomic E-state index is 4.14. The molecule has 20 heavy (non-hydrogen) atoms. The highest BCUT2D eigenvalue weighted by atomic mass is 15.0. The van der Waals surface area contributed by atoms with Gasteiger partial charge in [0, 0.05) is 35.2 Å². The SMILES string of the molecule is CC=N/C=C\c1cn(-c2ccccc2)c2ccccc12.